The fourth-order valence-electron chi connectivity index (χ4n) is 3.73. The van der Waals surface area contributed by atoms with Crippen molar-refractivity contribution in [2.75, 3.05) is 23.3 Å². The number of benzene rings is 1. The number of anilines is 2. The Morgan fingerprint density at radius 3 is 2.87 bits per heavy atom. The number of rotatable bonds is 4. The van der Waals surface area contributed by atoms with Crippen molar-refractivity contribution in [2.45, 2.75) is 19.8 Å². The van der Waals surface area contributed by atoms with Crippen LogP contribution in [0.15, 0.2) is 42.7 Å². The first-order valence-electron chi connectivity index (χ1n) is 9.82. The molecule has 4 aromatic rings. The lowest BCUT2D eigenvalue weighted by Crippen LogP contribution is -2.18. The number of hydrogen-bond acceptors (Lipinski definition) is 5. The van der Waals surface area contributed by atoms with Crippen molar-refractivity contribution in [3.05, 3.63) is 59.7 Å². The van der Waals surface area contributed by atoms with E-state index in [2.05, 4.69) is 30.5 Å². The van der Waals surface area contributed by atoms with E-state index in [0.717, 1.165) is 25.9 Å². The Morgan fingerprint density at radius 2 is 2.03 bits per heavy atom. The van der Waals surface area contributed by atoms with Gasteiger partial charge in [-0.2, -0.15) is 5.10 Å². The first-order valence-corrected chi connectivity index (χ1v) is 9.82. The fraction of sp³-hybridized carbons (Fsp3) is 0.238. The van der Waals surface area contributed by atoms with Gasteiger partial charge in [0.05, 0.1) is 22.8 Å². The molecular formula is C21H20FN7O. The van der Waals surface area contributed by atoms with Crippen LogP contribution in [0, 0.1) is 12.7 Å². The molecule has 30 heavy (non-hydrogen) atoms. The molecule has 1 aliphatic heterocycles. The summed E-state index contributed by atoms with van der Waals surface area (Å²) in [5.41, 5.74) is 2.51. The molecule has 2 N–H and O–H groups in total. The number of aromatic nitrogens is 5. The van der Waals surface area contributed by atoms with Gasteiger partial charge in [0.2, 0.25) is 5.95 Å². The molecule has 1 aromatic carbocycles. The molecule has 0 bridgehead atoms. The number of aryl methyl sites for hydroxylation is 1. The third-order valence-corrected chi connectivity index (χ3v) is 5.37. The number of aromatic amines is 1. The first kappa shape index (κ1) is 18.3. The van der Waals surface area contributed by atoms with Gasteiger partial charge in [0.15, 0.2) is 5.82 Å². The molecule has 0 unspecified atom stereocenters. The van der Waals surface area contributed by atoms with Gasteiger partial charge in [-0.25, -0.2) is 8.91 Å². The van der Waals surface area contributed by atoms with Crippen molar-refractivity contribution in [2.24, 2.45) is 0 Å². The van der Waals surface area contributed by atoms with Crippen LogP contribution in [0.2, 0.25) is 0 Å². The van der Waals surface area contributed by atoms with Crippen LogP contribution in [-0.4, -0.2) is 43.8 Å². The topological polar surface area (TPSA) is 91.2 Å². The average Bonchev–Trinajstić information content (AvgIpc) is 3.49. The van der Waals surface area contributed by atoms with Crippen molar-refractivity contribution >= 4 is 23.1 Å². The van der Waals surface area contributed by atoms with E-state index < -0.39 is 5.82 Å². The number of hydrogen-bond donors (Lipinski definition) is 2. The minimum atomic E-state index is -0.425. The minimum Gasteiger partial charge on any atom is -0.341 e. The number of carbonyl (C=O) groups excluding carboxylic acids is 1. The van der Waals surface area contributed by atoms with Gasteiger partial charge in [0.1, 0.15) is 5.82 Å². The summed E-state index contributed by atoms with van der Waals surface area (Å²) in [6.07, 6.45) is 5.50. The highest BCUT2D eigenvalue weighted by atomic mass is 19.1. The Hall–Kier alpha value is -3.75. The molecule has 0 radical (unpaired) electrons. The molecule has 4 heterocycles. The number of carbonyl (C=O) groups is 1. The SMILES string of the molecule is Cc1cc(F)c(-c2nnc(N3CCCC3)[nH]2)cc1NC(=O)c1cnn2ccccc12. The molecule has 1 amide bonds. The van der Waals surface area contributed by atoms with Crippen LogP contribution in [0.5, 0.6) is 0 Å². The Morgan fingerprint density at radius 1 is 1.20 bits per heavy atom. The van der Waals surface area contributed by atoms with Crippen LogP contribution < -0.4 is 10.2 Å². The Kier molecular flexibility index (Phi) is 4.42. The van der Waals surface area contributed by atoms with Gasteiger partial charge in [-0.05, 0) is 49.6 Å². The largest absolute Gasteiger partial charge is 0.341 e. The lowest BCUT2D eigenvalue weighted by atomic mass is 10.1. The third-order valence-electron chi connectivity index (χ3n) is 5.37. The van der Waals surface area contributed by atoms with Crippen molar-refractivity contribution in [1.29, 1.82) is 0 Å². The zero-order chi connectivity index (χ0) is 20.7. The molecule has 0 atom stereocenters. The van der Waals surface area contributed by atoms with Crippen molar-refractivity contribution < 1.29 is 9.18 Å². The molecule has 0 spiro atoms. The summed E-state index contributed by atoms with van der Waals surface area (Å²) in [6.45, 7) is 3.56. The summed E-state index contributed by atoms with van der Waals surface area (Å²) in [5, 5.41) is 15.3. The number of H-pyrrole nitrogens is 1. The van der Waals surface area contributed by atoms with Gasteiger partial charge in [-0.15, -0.1) is 10.2 Å². The molecule has 5 rings (SSSR count). The third kappa shape index (κ3) is 3.18. The zero-order valence-corrected chi connectivity index (χ0v) is 16.4. The van der Waals surface area contributed by atoms with Gasteiger partial charge in [0, 0.05) is 25.0 Å². The summed E-state index contributed by atoms with van der Waals surface area (Å²) in [7, 11) is 0. The molecule has 1 aliphatic rings. The maximum absolute atomic E-state index is 14.7. The maximum Gasteiger partial charge on any atom is 0.259 e. The van der Waals surface area contributed by atoms with Crippen LogP contribution in [-0.2, 0) is 0 Å². The second-order valence-electron chi connectivity index (χ2n) is 7.38. The highest BCUT2D eigenvalue weighted by Crippen LogP contribution is 2.28. The van der Waals surface area contributed by atoms with E-state index in [-0.39, 0.29) is 11.5 Å². The molecule has 0 saturated carbocycles. The molecule has 1 saturated heterocycles. The quantitative estimate of drug-likeness (QED) is 0.543. The second-order valence-corrected chi connectivity index (χ2v) is 7.38. The van der Waals surface area contributed by atoms with Gasteiger partial charge in [-0.3, -0.25) is 4.79 Å². The first-order chi connectivity index (χ1) is 14.6. The van der Waals surface area contributed by atoms with Crippen molar-refractivity contribution in [3.63, 3.8) is 0 Å². The van der Waals surface area contributed by atoms with Gasteiger partial charge < -0.3 is 15.2 Å². The molecule has 0 aliphatic carbocycles. The standard InChI is InChI=1S/C21H20FN7O/c1-13-10-16(22)14(19-25-21(27-26-19)28-7-4-5-8-28)11-17(13)24-20(30)15-12-23-29-9-3-2-6-18(15)29/h2-3,6,9-12H,4-5,7-8H2,1H3,(H,24,30)(H,25,26,27). The average molecular weight is 405 g/mol. The fourth-order valence-corrected chi connectivity index (χ4v) is 3.73. The smallest absolute Gasteiger partial charge is 0.259 e. The van der Waals surface area contributed by atoms with E-state index in [4.69, 9.17) is 0 Å². The monoisotopic (exact) mass is 405 g/mol. The number of nitrogens with one attached hydrogen (secondary N) is 2. The van der Waals surface area contributed by atoms with Gasteiger partial charge in [-0.1, -0.05) is 6.07 Å². The van der Waals surface area contributed by atoms with Crippen molar-refractivity contribution in [3.8, 4) is 11.4 Å². The predicted octanol–water partition coefficient (Wildman–Crippen LogP) is 3.42. The minimum absolute atomic E-state index is 0.258. The highest BCUT2D eigenvalue weighted by Gasteiger charge is 2.20. The molecule has 3 aromatic heterocycles. The predicted molar refractivity (Wildman–Crippen MR) is 111 cm³/mol. The van der Waals surface area contributed by atoms with E-state index >= 15 is 0 Å². The summed E-state index contributed by atoms with van der Waals surface area (Å²) < 4.78 is 16.3. The van der Waals surface area contributed by atoms with Crippen LogP contribution in [0.1, 0.15) is 28.8 Å². The lowest BCUT2D eigenvalue weighted by Gasteiger charge is -2.12. The summed E-state index contributed by atoms with van der Waals surface area (Å²) in [5.74, 6) is 0.234. The van der Waals surface area contributed by atoms with Gasteiger partial charge in [0.25, 0.3) is 5.91 Å². The molecule has 152 valence electrons. The molecule has 9 heteroatoms. The van der Waals surface area contributed by atoms with E-state index in [0.29, 0.717) is 34.1 Å². The lowest BCUT2D eigenvalue weighted by molar-refractivity contribution is 0.102. The van der Waals surface area contributed by atoms with Gasteiger partial charge >= 0.3 is 0 Å². The number of fused-ring (bicyclic) bond motifs is 1. The van der Waals surface area contributed by atoms with Crippen LogP contribution in [0.3, 0.4) is 0 Å². The van der Waals surface area contributed by atoms with Crippen LogP contribution in [0.25, 0.3) is 16.9 Å². The van der Waals surface area contributed by atoms with E-state index in [9.17, 15) is 9.18 Å². The Balaban J connectivity index is 1.45. The number of nitrogens with zero attached hydrogens (tertiary/aromatic N) is 5. The highest BCUT2D eigenvalue weighted by molar-refractivity contribution is 6.09. The van der Waals surface area contributed by atoms with E-state index in [1.165, 1.54) is 12.3 Å². The number of halogens is 1. The normalized spacial score (nSPS) is 13.9. The second kappa shape index (κ2) is 7.25. The molecule has 1 fully saturated rings. The van der Waals surface area contributed by atoms with E-state index in [1.807, 2.05) is 18.2 Å². The summed E-state index contributed by atoms with van der Waals surface area (Å²) in [4.78, 5) is 18.0. The van der Waals surface area contributed by atoms with Crippen molar-refractivity contribution in [1.82, 2.24) is 24.8 Å². The molecule has 8 nitrogen and oxygen atoms in total. The van der Waals surface area contributed by atoms with Crippen LogP contribution >= 0.6 is 0 Å². The Labute approximate surface area is 171 Å². The van der Waals surface area contributed by atoms with Crippen LogP contribution in [0.4, 0.5) is 16.0 Å². The zero-order valence-electron chi connectivity index (χ0n) is 16.4. The summed E-state index contributed by atoms with van der Waals surface area (Å²) >= 11 is 0. The number of amides is 1. The maximum atomic E-state index is 14.7. The van der Waals surface area contributed by atoms with E-state index in [1.54, 1.807) is 23.7 Å². The Bertz CT molecular complexity index is 1240. The molecular weight excluding hydrogens is 385 g/mol. The summed E-state index contributed by atoms with van der Waals surface area (Å²) in [6, 6.07) is 8.48. The number of pyridine rings is 1.